The van der Waals surface area contributed by atoms with E-state index in [0.29, 0.717) is 18.7 Å². The summed E-state index contributed by atoms with van der Waals surface area (Å²) in [6.45, 7) is 2.09. The minimum Gasteiger partial charge on any atom is -0.483 e. The summed E-state index contributed by atoms with van der Waals surface area (Å²) in [5.74, 6) is 0.411. The summed E-state index contributed by atoms with van der Waals surface area (Å²) in [7, 11) is 0. The lowest BCUT2D eigenvalue weighted by molar-refractivity contribution is -0.123. The average molecular weight is 381 g/mol. The third-order valence-electron chi connectivity index (χ3n) is 2.14. The Labute approximate surface area is 123 Å². The largest absolute Gasteiger partial charge is 0.483 e. The smallest absolute Gasteiger partial charge is 0.257 e. The second-order valence-electron chi connectivity index (χ2n) is 3.85. The minimum atomic E-state index is -0.410. The third-order valence-corrected chi connectivity index (χ3v) is 3.25. The van der Waals surface area contributed by atoms with Gasteiger partial charge < -0.3 is 15.2 Å². The number of ether oxygens (including phenoxy) is 1. The molecule has 0 bridgehead atoms. The number of hydrogen-bond acceptors (Lipinski definition) is 3. The first kappa shape index (κ1) is 15.5. The number of carbonyl (C=O) groups excluding carboxylic acids is 1. The molecule has 4 nitrogen and oxygen atoms in total. The number of carbonyl (C=O) groups is 1. The molecule has 0 aliphatic heterocycles. The molecule has 0 aliphatic rings. The highest BCUT2D eigenvalue weighted by atomic mass is 79.9. The molecular formula is C12H15Br2NO3. The van der Waals surface area contributed by atoms with Gasteiger partial charge in [0.15, 0.2) is 6.61 Å². The Hall–Kier alpha value is -0.590. The van der Waals surface area contributed by atoms with Gasteiger partial charge in [-0.25, -0.2) is 0 Å². The molecule has 1 amide bonds. The first-order valence-electron chi connectivity index (χ1n) is 5.51. The van der Waals surface area contributed by atoms with Crippen LogP contribution in [0, 0.1) is 0 Å². The van der Waals surface area contributed by atoms with Crippen LogP contribution in [0.4, 0.5) is 0 Å². The van der Waals surface area contributed by atoms with Gasteiger partial charge in [0.2, 0.25) is 0 Å². The van der Waals surface area contributed by atoms with E-state index < -0.39 is 6.10 Å². The maximum Gasteiger partial charge on any atom is 0.257 e. The molecule has 0 fully saturated rings. The highest BCUT2D eigenvalue weighted by Crippen LogP contribution is 2.27. The summed E-state index contributed by atoms with van der Waals surface area (Å²) < 4.78 is 7.09. The lowest BCUT2D eigenvalue weighted by atomic mass is 10.3. The molecule has 1 aromatic rings. The summed E-state index contributed by atoms with van der Waals surface area (Å²) in [6, 6.07) is 5.46. The van der Waals surface area contributed by atoms with Gasteiger partial charge in [0, 0.05) is 11.0 Å². The van der Waals surface area contributed by atoms with Gasteiger partial charge in [0.25, 0.3) is 5.91 Å². The predicted octanol–water partition coefficient (Wildman–Crippen LogP) is 2.48. The molecule has 0 aromatic heterocycles. The van der Waals surface area contributed by atoms with E-state index in [2.05, 4.69) is 37.2 Å². The van der Waals surface area contributed by atoms with Crippen molar-refractivity contribution in [2.45, 2.75) is 19.4 Å². The SMILES string of the molecule is CC(O)CCNC(=O)COc1ccc(Br)cc1Br. The lowest BCUT2D eigenvalue weighted by Gasteiger charge is -2.09. The quantitative estimate of drug-likeness (QED) is 0.796. The summed E-state index contributed by atoms with van der Waals surface area (Å²) >= 11 is 6.68. The van der Waals surface area contributed by atoms with Crippen molar-refractivity contribution in [3.63, 3.8) is 0 Å². The van der Waals surface area contributed by atoms with E-state index in [4.69, 9.17) is 9.84 Å². The van der Waals surface area contributed by atoms with Crippen LogP contribution >= 0.6 is 31.9 Å². The molecule has 1 unspecified atom stereocenters. The molecule has 0 spiro atoms. The number of aliphatic hydroxyl groups excluding tert-OH is 1. The third kappa shape index (κ3) is 5.84. The van der Waals surface area contributed by atoms with Crippen molar-refractivity contribution in [2.75, 3.05) is 13.2 Å². The topological polar surface area (TPSA) is 58.6 Å². The summed E-state index contributed by atoms with van der Waals surface area (Å²) in [5.41, 5.74) is 0. The van der Waals surface area contributed by atoms with Crippen LogP contribution < -0.4 is 10.1 Å². The van der Waals surface area contributed by atoms with E-state index in [-0.39, 0.29) is 12.5 Å². The highest BCUT2D eigenvalue weighted by molar-refractivity contribution is 9.11. The van der Waals surface area contributed by atoms with Crippen LogP contribution in [0.5, 0.6) is 5.75 Å². The maximum absolute atomic E-state index is 11.4. The molecule has 1 rings (SSSR count). The molecule has 0 aliphatic carbocycles. The van der Waals surface area contributed by atoms with Crippen molar-refractivity contribution in [3.05, 3.63) is 27.1 Å². The minimum absolute atomic E-state index is 0.0416. The maximum atomic E-state index is 11.4. The zero-order valence-corrected chi connectivity index (χ0v) is 13.1. The number of benzene rings is 1. The molecule has 0 saturated heterocycles. The predicted molar refractivity (Wildman–Crippen MR) is 76.6 cm³/mol. The van der Waals surface area contributed by atoms with Crippen LogP contribution in [-0.2, 0) is 4.79 Å². The zero-order chi connectivity index (χ0) is 13.5. The molecule has 100 valence electrons. The van der Waals surface area contributed by atoms with E-state index in [1.54, 1.807) is 13.0 Å². The Morgan fingerprint density at radius 2 is 2.22 bits per heavy atom. The standard InChI is InChI=1S/C12H15Br2NO3/c1-8(16)4-5-15-12(17)7-18-11-3-2-9(13)6-10(11)14/h2-3,6,8,16H,4-5,7H2,1H3,(H,15,17). The lowest BCUT2D eigenvalue weighted by Crippen LogP contribution is -2.31. The van der Waals surface area contributed by atoms with E-state index in [1.165, 1.54) is 0 Å². The Balaban J connectivity index is 2.33. The van der Waals surface area contributed by atoms with Crippen molar-refractivity contribution in [1.29, 1.82) is 0 Å². The Morgan fingerprint density at radius 1 is 1.50 bits per heavy atom. The number of hydrogen-bond donors (Lipinski definition) is 2. The molecule has 2 N–H and O–H groups in total. The van der Waals surface area contributed by atoms with Gasteiger partial charge >= 0.3 is 0 Å². The summed E-state index contributed by atoms with van der Waals surface area (Å²) in [4.78, 5) is 11.4. The van der Waals surface area contributed by atoms with Crippen LogP contribution in [0.1, 0.15) is 13.3 Å². The molecular weight excluding hydrogens is 366 g/mol. The summed E-state index contributed by atoms with van der Waals surface area (Å²) in [6.07, 6.45) is 0.125. The average Bonchev–Trinajstić information content (AvgIpc) is 2.27. The fraction of sp³-hybridized carbons (Fsp3) is 0.417. The Morgan fingerprint density at radius 3 is 2.83 bits per heavy atom. The van der Waals surface area contributed by atoms with Crippen LogP contribution in [0.15, 0.2) is 27.1 Å². The van der Waals surface area contributed by atoms with Crippen LogP contribution in [-0.4, -0.2) is 30.3 Å². The van der Waals surface area contributed by atoms with Crippen molar-refractivity contribution < 1.29 is 14.6 Å². The number of halogens is 2. The van der Waals surface area contributed by atoms with Gasteiger partial charge in [-0.1, -0.05) is 15.9 Å². The molecule has 1 atom stereocenters. The van der Waals surface area contributed by atoms with Crippen molar-refractivity contribution in [1.82, 2.24) is 5.32 Å². The molecule has 0 saturated carbocycles. The van der Waals surface area contributed by atoms with E-state index >= 15 is 0 Å². The van der Waals surface area contributed by atoms with Gasteiger partial charge in [-0.15, -0.1) is 0 Å². The number of nitrogens with one attached hydrogen (secondary N) is 1. The van der Waals surface area contributed by atoms with Gasteiger partial charge in [-0.3, -0.25) is 4.79 Å². The number of rotatable bonds is 6. The van der Waals surface area contributed by atoms with Crippen molar-refractivity contribution in [3.8, 4) is 5.75 Å². The van der Waals surface area contributed by atoms with Crippen LogP contribution in [0.3, 0.4) is 0 Å². The molecule has 18 heavy (non-hydrogen) atoms. The van der Waals surface area contributed by atoms with E-state index in [1.807, 2.05) is 12.1 Å². The van der Waals surface area contributed by atoms with Gasteiger partial charge in [-0.05, 0) is 47.5 Å². The fourth-order valence-electron chi connectivity index (χ4n) is 1.21. The molecule has 1 aromatic carbocycles. The fourth-order valence-corrected chi connectivity index (χ4v) is 2.37. The number of aliphatic hydroxyl groups is 1. The highest BCUT2D eigenvalue weighted by Gasteiger charge is 2.06. The first-order valence-corrected chi connectivity index (χ1v) is 7.10. The van der Waals surface area contributed by atoms with Crippen LogP contribution in [0.2, 0.25) is 0 Å². The second-order valence-corrected chi connectivity index (χ2v) is 5.62. The normalized spacial score (nSPS) is 12.0. The van der Waals surface area contributed by atoms with Gasteiger partial charge in [-0.2, -0.15) is 0 Å². The Kier molecular flexibility index (Phi) is 6.67. The number of amides is 1. The van der Waals surface area contributed by atoms with Crippen LogP contribution in [0.25, 0.3) is 0 Å². The van der Waals surface area contributed by atoms with Crippen molar-refractivity contribution >= 4 is 37.8 Å². The monoisotopic (exact) mass is 379 g/mol. The first-order chi connectivity index (χ1) is 8.49. The second kappa shape index (κ2) is 7.76. The summed E-state index contributed by atoms with van der Waals surface area (Å²) in [5, 5.41) is 11.7. The van der Waals surface area contributed by atoms with E-state index in [9.17, 15) is 4.79 Å². The Bertz CT molecular complexity index is 410. The molecule has 0 radical (unpaired) electrons. The molecule has 0 heterocycles. The molecule has 6 heteroatoms. The zero-order valence-electron chi connectivity index (χ0n) is 9.95. The van der Waals surface area contributed by atoms with Crippen molar-refractivity contribution in [2.24, 2.45) is 0 Å². The van der Waals surface area contributed by atoms with Gasteiger partial charge in [0.1, 0.15) is 5.75 Å². The van der Waals surface area contributed by atoms with E-state index in [0.717, 1.165) is 8.95 Å². The van der Waals surface area contributed by atoms with Gasteiger partial charge in [0.05, 0.1) is 10.6 Å².